The molecule has 0 radical (unpaired) electrons. The third kappa shape index (κ3) is 3.08. The molecule has 0 unspecified atom stereocenters. The van der Waals surface area contributed by atoms with Crippen LogP contribution >= 0.6 is 0 Å². The van der Waals surface area contributed by atoms with E-state index in [-0.39, 0.29) is 19.0 Å². The van der Waals surface area contributed by atoms with Crippen molar-refractivity contribution >= 4 is 17.0 Å². The van der Waals surface area contributed by atoms with Gasteiger partial charge in [0, 0.05) is 12.3 Å². The summed E-state index contributed by atoms with van der Waals surface area (Å²) in [5, 5.41) is 6.83. The van der Waals surface area contributed by atoms with Gasteiger partial charge in [-0.15, -0.1) is 0 Å². The second-order valence-electron chi connectivity index (χ2n) is 4.93. The summed E-state index contributed by atoms with van der Waals surface area (Å²) in [6, 6.07) is 5.38. The highest BCUT2D eigenvalue weighted by molar-refractivity contribution is 5.76. The van der Waals surface area contributed by atoms with Crippen molar-refractivity contribution in [2.45, 2.75) is 20.0 Å². The van der Waals surface area contributed by atoms with E-state index in [2.05, 4.69) is 15.4 Å². The molecule has 22 heavy (non-hydrogen) atoms. The molecule has 0 spiro atoms. The molecule has 2 heterocycles. The summed E-state index contributed by atoms with van der Waals surface area (Å²) in [6.45, 7) is 2.33. The lowest BCUT2D eigenvalue weighted by Gasteiger charge is -2.02. The molecular weight excluding hydrogens is 284 g/mol. The quantitative estimate of drug-likeness (QED) is 0.775. The number of nitrogens with zero attached hydrogens (tertiary/aromatic N) is 3. The molecule has 0 saturated carbocycles. The Labute approximate surface area is 126 Å². The Balaban J connectivity index is 1.62. The number of aromatic nitrogens is 3. The van der Waals surface area contributed by atoms with Crippen LogP contribution in [0.4, 0.5) is 0 Å². The third-order valence-corrected chi connectivity index (χ3v) is 3.14. The minimum atomic E-state index is -0.150. The van der Waals surface area contributed by atoms with Gasteiger partial charge in [-0.2, -0.15) is 5.10 Å². The summed E-state index contributed by atoms with van der Waals surface area (Å²) in [5.74, 6) is 1.02. The number of hydrogen-bond acceptors (Lipinski definition) is 5. The average Bonchev–Trinajstić information content (AvgIpc) is 3.10. The summed E-state index contributed by atoms with van der Waals surface area (Å²) >= 11 is 0. The number of nitrogens with one attached hydrogen (secondary N) is 1. The first kappa shape index (κ1) is 14.1. The van der Waals surface area contributed by atoms with E-state index in [9.17, 15) is 4.79 Å². The number of carbonyl (C=O) groups is 1. The maximum absolute atomic E-state index is 11.8. The van der Waals surface area contributed by atoms with Crippen LogP contribution in [0, 0.1) is 6.92 Å². The number of hydrogen-bond donors (Lipinski definition) is 1. The number of rotatable bonds is 5. The number of fused-ring (bicyclic) bond motifs is 1. The molecule has 7 heteroatoms. The van der Waals surface area contributed by atoms with Gasteiger partial charge in [0.05, 0.1) is 19.9 Å². The van der Waals surface area contributed by atoms with Gasteiger partial charge in [-0.05, 0) is 24.6 Å². The molecule has 0 saturated heterocycles. The predicted molar refractivity (Wildman–Crippen MR) is 79.4 cm³/mol. The minimum Gasteiger partial charge on any atom is -0.497 e. The number of carbonyl (C=O) groups excluding carboxylic acids is 1. The van der Waals surface area contributed by atoms with Gasteiger partial charge in [0.1, 0.15) is 17.8 Å². The standard InChI is InChI=1S/C15H16N4O3/c1-10-6-17-19(8-10)9-14(20)16-7-15-18-12-5-11(21-2)3-4-13(12)22-15/h3-6,8H,7,9H2,1-2H3,(H,16,20). The van der Waals surface area contributed by atoms with Crippen LogP contribution in [-0.4, -0.2) is 27.8 Å². The topological polar surface area (TPSA) is 82.2 Å². The molecule has 1 aromatic carbocycles. The van der Waals surface area contributed by atoms with E-state index in [0.717, 1.165) is 5.56 Å². The van der Waals surface area contributed by atoms with E-state index in [4.69, 9.17) is 9.15 Å². The van der Waals surface area contributed by atoms with Gasteiger partial charge in [-0.25, -0.2) is 4.98 Å². The van der Waals surface area contributed by atoms with Crippen LogP contribution in [0.5, 0.6) is 5.75 Å². The zero-order chi connectivity index (χ0) is 15.5. The van der Waals surface area contributed by atoms with Crippen molar-refractivity contribution in [3.05, 3.63) is 42.0 Å². The highest BCUT2D eigenvalue weighted by Gasteiger charge is 2.09. The SMILES string of the molecule is COc1ccc2oc(CNC(=O)Cn3cc(C)cn3)nc2c1. The fourth-order valence-corrected chi connectivity index (χ4v) is 2.09. The van der Waals surface area contributed by atoms with E-state index in [0.29, 0.717) is 22.7 Å². The second-order valence-corrected chi connectivity index (χ2v) is 4.93. The fourth-order valence-electron chi connectivity index (χ4n) is 2.09. The average molecular weight is 300 g/mol. The van der Waals surface area contributed by atoms with Gasteiger partial charge in [-0.1, -0.05) is 0 Å². The molecule has 3 rings (SSSR count). The highest BCUT2D eigenvalue weighted by Crippen LogP contribution is 2.21. The normalized spacial score (nSPS) is 10.8. The number of aryl methyl sites for hydroxylation is 1. The van der Waals surface area contributed by atoms with Crippen molar-refractivity contribution in [2.75, 3.05) is 7.11 Å². The Bertz CT molecular complexity index is 806. The Hall–Kier alpha value is -2.83. The van der Waals surface area contributed by atoms with Crippen molar-refractivity contribution in [3.63, 3.8) is 0 Å². The maximum Gasteiger partial charge on any atom is 0.242 e. The molecule has 0 bridgehead atoms. The van der Waals surface area contributed by atoms with E-state index in [1.807, 2.05) is 13.1 Å². The second kappa shape index (κ2) is 5.88. The molecule has 7 nitrogen and oxygen atoms in total. The molecule has 1 amide bonds. The van der Waals surface area contributed by atoms with E-state index >= 15 is 0 Å². The van der Waals surface area contributed by atoms with Crippen molar-refractivity contribution in [1.82, 2.24) is 20.1 Å². The molecule has 0 aliphatic rings. The lowest BCUT2D eigenvalue weighted by Crippen LogP contribution is -2.27. The van der Waals surface area contributed by atoms with Gasteiger partial charge in [0.2, 0.25) is 11.8 Å². The molecule has 114 valence electrons. The van der Waals surface area contributed by atoms with Crippen molar-refractivity contribution < 1.29 is 13.9 Å². The van der Waals surface area contributed by atoms with E-state index in [1.54, 1.807) is 36.2 Å². The molecule has 0 aliphatic heterocycles. The van der Waals surface area contributed by atoms with Crippen molar-refractivity contribution in [3.8, 4) is 5.75 Å². The summed E-state index contributed by atoms with van der Waals surface area (Å²) < 4.78 is 12.3. The van der Waals surface area contributed by atoms with E-state index in [1.165, 1.54) is 0 Å². The summed E-state index contributed by atoms with van der Waals surface area (Å²) in [6.07, 6.45) is 3.52. The fraction of sp³-hybridized carbons (Fsp3) is 0.267. The Morgan fingerprint density at radius 3 is 3.05 bits per heavy atom. The first-order valence-corrected chi connectivity index (χ1v) is 6.83. The highest BCUT2D eigenvalue weighted by atomic mass is 16.5. The molecular formula is C15H16N4O3. The Kier molecular flexibility index (Phi) is 3.78. The van der Waals surface area contributed by atoms with Crippen LogP contribution < -0.4 is 10.1 Å². The number of amides is 1. The van der Waals surface area contributed by atoms with Crippen LogP contribution in [0.2, 0.25) is 0 Å². The molecule has 0 aliphatic carbocycles. The monoisotopic (exact) mass is 300 g/mol. The maximum atomic E-state index is 11.8. The summed E-state index contributed by atoms with van der Waals surface area (Å²) in [4.78, 5) is 16.2. The Morgan fingerprint density at radius 2 is 2.32 bits per heavy atom. The summed E-state index contributed by atoms with van der Waals surface area (Å²) in [7, 11) is 1.60. The van der Waals surface area contributed by atoms with Gasteiger partial charge < -0.3 is 14.5 Å². The van der Waals surface area contributed by atoms with Crippen LogP contribution in [-0.2, 0) is 17.9 Å². The molecule has 1 N–H and O–H groups in total. The zero-order valence-corrected chi connectivity index (χ0v) is 12.4. The molecule has 3 aromatic rings. The number of ether oxygens (including phenoxy) is 1. The molecule has 2 aromatic heterocycles. The third-order valence-electron chi connectivity index (χ3n) is 3.14. The van der Waals surface area contributed by atoms with Crippen molar-refractivity contribution in [1.29, 1.82) is 0 Å². The smallest absolute Gasteiger partial charge is 0.242 e. The largest absolute Gasteiger partial charge is 0.497 e. The van der Waals surface area contributed by atoms with Gasteiger partial charge in [-0.3, -0.25) is 9.48 Å². The van der Waals surface area contributed by atoms with Crippen LogP contribution in [0.25, 0.3) is 11.1 Å². The number of methoxy groups -OCH3 is 1. The molecule has 0 atom stereocenters. The molecule has 0 fully saturated rings. The zero-order valence-electron chi connectivity index (χ0n) is 12.4. The predicted octanol–water partition coefficient (Wildman–Crippen LogP) is 1.66. The lowest BCUT2D eigenvalue weighted by molar-refractivity contribution is -0.122. The van der Waals surface area contributed by atoms with Crippen LogP contribution in [0.1, 0.15) is 11.5 Å². The lowest BCUT2D eigenvalue weighted by atomic mass is 10.3. The first-order chi connectivity index (χ1) is 10.6. The van der Waals surface area contributed by atoms with Gasteiger partial charge in [0.15, 0.2) is 5.58 Å². The van der Waals surface area contributed by atoms with E-state index < -0.39 is 0 Å². The van der Waals surface area contributed by atoms with Gasteiger partial charge in [0.25, 0.3) is 0 Å². The van der Waals surface area contributed by atoms with Crippen molar-refractivity contribution in [2.24, 2.45) is 0 Å². The number of benzene rings is 1. The minimum absolute atomic E-state index is 0.150. The number of oxazole rings is 1. The summed E-state index contributed by atoms with van der Waals surface area (Å²) in [5.41, 5.74) is 2.37. The first-order valence-electron chi connectivity index (χ1n) is 6.83. The van der Waals surface area contributed by atoms with Gasteiger partial charge >= 0.3 is 0 Å². The Morgan fingerprint density at radius 1 is 1.45 bits per heavy atom. The van der Waals surface area contributed by atoms with Crippen LogP contribution in [0.3, 0.4) is 0 Å². The van der Waals surface area contributed by atoms with Crippen LogP contribution in [0.15, 0.2) is 35.0 Å².